The molecule has 26 heavy (non-hydrogen) atoms. The fourth-order valence-electron chi connectivity index (χ4n) is 2.31. The molecule has 0 saturated carbocycles. The van der Waals surface area contributed by atoms with Crippen molar-refractivity contribution in [1.29, 1.82) is 0 Å². The predicted molar refractivity (Wildman–Crippen MR) is 102 cm³/mol. The van der Waals surface area contributed by atoms with Crippen LogP contribution in [-0.4, -0.2) is 23.3 Å². The number of amides is 2. The molecule has 0 aliphatic rings. The highest BCUT2D eigenvalue weighted by molar-refractivity contribution is 7.12. The Hall–Kier alpha value is -2.45. The zero-order valence-electron chi connectivity index (χ0n) is 14.3. The van der Waals surface area contributed by atoms with Crippen molar-refractivity contribution >= 4 is 34.5 Å². The average molecular weight is 390 g/mol. The number of aryl methyl sites for hydroxylation is 1. The minimum atomic E-state index is -0.0965. The van der Waals surface area contributed by atoms with Crippen LogP contribution >= 0.6 is 22.7 Å². The number of carbonyl (C=O) groups excluding carboxylic acids is 2. The number of furan rings is 1. The van der Waals surface area contributed by atoms with Gasteiger partial charge in [-0.3, -0.25) is 9.59 Å². The number of hydrogen-bond donors (Lipinski definition) is 2. The molecule has 136 valence electrons. The van der Waals surface area contributed by atoms with Crippen molar-refractivity contribution in [2.24, 2.45) is 0 Å². The van der Waals surface area contributed by atoms with Gasteiger partial charge in [0.05, 0.1) is 16.4 Å². The lowest BCUT2D eigenvalue weighted by Gasteiger charge is -2.05. The number of carbonyl (C=O) groups is 2. The Morgan fingerprint density at radius 1 is 1.19 bits per heavy atom. The normalized spacial score (nSPS) is 10.7. The highest BCUT2D eigenvalue weighted by atomic mass is 32.1. The fraction of sp³-hybridized carbons (Fsp3) is 0.278. The van der Waals surface area contributed by atoms with Crippen LogP contribution in [0.4, 0.5) is 0 Å². The van der Waals surface area contributed by atoms with Gasteiger partial charge in [0.1, 0.15) is 11.5 Å². The van der Waals surface area contributed by atoms with E-state index in [9.17, 15) is 9.59 Å². The predicted octanol–water partition coefficient (Wildman–Crippen LogP) is 3.60. The lowest BCUT2D eigenvalue weighted by Crippen LogP contribution is -2.26. The Morgan fingerprint density at radius 3 is 2.81 bits per heavy atom. The van der Waals surface area contributed by atoms with Crippen LogP contribution in [0, 0.1) is 6.92 Å². The molecule has 2 amide bonds. The number of thiophene rings is 1. The SMILES string of the molecule is Cc1nc(-c2ccc(CNC(=O)CCCNC(=O)c3cccs3)o2)cs1. The Bertz CT molecular complexity index is 868. The van der Waals surface area contributed by atoms with E-state index in [0.29, 0.717) is 42.3 Å². The van der Waals surface area contributed by atoms with Gasteiger partial charge in [0.15, 0.2) is 5.76 Å². The maximum Gasteiger partial charge on any atom is 0.261 e. The fourth-order valence-corrected chi connectivity index (χ4v) is 3.55. The van der Waals surface area contributed by atoms with E-state index < -0.39 is 0 Å². The van der Waals surface area contributed by atoms with Gasteiger partial charge in [-0.05, 0) is 36.9 Å². The zero-order chi connectivity index (χ0) is 18.4. The maximum atomic E-state index is 11.9. The number of nitrogens with one attached hydrogen (secondary N) is 2. The van der Waals surface area contributed by atoms with E-state index in [-0.39, 0.29) is 11.8 Å². The van der Waals surface area contributed by atoms with E-state index in [1.807, 2.05) is 35.9 Å². The van der Waals surface area contributed by atoms with Crippen LogP contribution < -0.4 is 10.6 Å². The van der Waals surface area contributed by atoms with Crippen LogP contribution in [0.25, 0.3) is 11.5 Å². The van der Waals surface area contributed by atoms with Crippen molar-refractivity contribution in [3.8, 4) is 11.5 Å². The first-order valence-electron chi connectivity index (χ1n) is 8.21. The van der Waals surface area contributed by atoms with Gasteiger partial charge >= 0.3 is 0 Å². The second-order valence-corrected chi connectivity index (χ2v) is 7.64. The molecule has 3 heterocycles. The van der Waals surface area contributed by atoms with Crippen molar-refractivity contribution in [3.05, 3.63) is 50.7 Å². The molecule has 8 heteroatoms. The van der Waals surface area contributed by atoms with E-state index in [2.05, 4.69) is 15.6 Å². The molecule has 0 fully saturated rings. The molecule has 0 aliphatic carbocycles. The monoisotopic (exact) mass is 389 g/mol. The Kier molecular flexibility index (Phi) is 6.19. The highest BCUT2D eigenvalue weighted by Gasteiger charge is 2.09. The van der Waals surface area contributed by atoms with E-state index in [4.69, 9.17) is 4.42 Å². The Labute approximate surface area is 159 Å². The Balaban J connectivity index is 1.35. The second kappa shape index (κ2) is 8.77. The third-order valence-electron chi connectivity index (χ3n) is 3.60. The first-order valence-corrected chi connectivity index (χ1v) is 9.97. The quantitative estimate of drug-likeness (QED) is 0.577. The third kappa shape index (κ3) is 5.03. The molecule has 3 aromatic heterocycles. The summed E-state index contributed by atoms with van der Waals surface area (Å²) in [6.07, 6.45) is 0.939. The molecule has 2 N–H and O–H groups in total. The van der Waals surface area contributed by atoms with Crippen molar-refractivity contribution < 1.29 is 14.0 Å². The van der Waals surface area contributed by atoms with E-state index in [0.717, 1.165) is 10.7 Å². The second-order valence-electron chi connectivity index (χ2n) is 5.63. The van der Waals surface area contributed by atoms with Gasteiger partial charge in [-0.25, -0.2) is 4.98 Å². The van der Waals surface area contributed by atoms with Crippen LogP contribution in [0.1, 0.15) is 33.3 Å². The molecule has 0 bridgehead atoms. The van der Waals surface area contributed by atoms with Crippen LogP contribution in [0.5, 0.6) is 0 Å². The third-order valence-corrected chi connectivity index (χ3v) is 5.25. The van der Waals surface area contributed by atoms with Crippen LogP contribution in [0.2, 0.25) is 0 Å². The van der Waals surface area contributed by atoms with Crippen LogP contribution in [0.3, 0.4) is 0 Å². The highest BCUT2D eigenvalue weighted by Crippen LogP contribution is 2.23. The lowest BCUT2D eigenvalue weighted by molar-refractivity contribution is -0.121. The summed E-state index contributed by atoms with van der Waals surface area (Å²) in [5.74, 6) is 1.22. The van der Waals surface area contributed by atoms with Gasteiger partial charge in [-0.15, -0.1) is 22.7 Å². The van der Waals surface area contributed by atoms with Crippen molar-refractivity contribution in [3.63, 3.8) is 0 Å². The van der Waals surface area contributed by atoms with Gasteiger partial charge < -0.3 is 15.1 Å². The van der Waals surface area contributed by atoms with Crippen molar-refractivity contribution in [2.75, 3.05) is 6.54 Å². The molecule has 0 radical (unpaired) electrons. The summed E-state index contributed by atoms with van der Waals surface area (Å²) in [6.45, 7) is 2.75. The largest absolute Gasteiger partial charge is 0.458 e. The summed E-state index contributed by atoms with van der Waals surface area (Å²) >= 11 is 2.97. The molecule has 3 rings (SSSR count). The molecular formula is C18H19N3O3S2. The molecule has 0 atom stereocenters. The van der Waals surface area contributed by atoms with E-state index in [1.165, 1.54) is 11.3 Å². The standard InChI is InChI=1S/C18H19N3O3S2/c1-12-21-14(11-26-12)15-7-6-13(24-15)10-20-17(22)5-2-8-19-18(23)16-4-3-9-25-16/h3-4,6-7,9,11H,2,5,8,10H2,1H3,(H,19,23)(H,20,22). The van der Waals surface area contributed by atoms with Gasteiger partial charge in [0.25, 0.3) is 5.91 Å². The van der Waals surface area contributed by atoms with Gasteiger partial charge in [0.2, 0.25) is 5.91 Å². The number of rotatable bonds is 8. The zero-order valence-corrected chi connectivity index (χ0v) is 15.9. The van der Waals surface area contributed by atoms with Crippen molar-refractivity contribution in [2.45, 2.75) is 26.3 Å². The van der Waals surface area contributed by atoms with Gasteiger partial charge in [-0.2, -0.15) is 0 Å². The van der Waals surface area contributed by atoms with Crippen molar-refractivity contribution in [1.82, 2.24) is 15.6 Å². The number of hydrogen-bond acceptors (Lipinski definition) is 6. The first kappa shape index (κ1) is 18.3. The molecule has 3 aromatic rings. The van der Waals surface area contributed by atoms with Crippen LogP contribution in [0.15, 0.2) is 39.4 Å². The topological polar surface area (TPSA) is 84.2 Å². The molecule has 0 saturated heterocycles. The number of thiazole rings is 1. The number of nitrogens with zero attached hydrogens (tertiary/aromatic N) is 1. The molecule has 0 aromatic carbocycles. The van der Waals surface area contributed by atoms with Crippen LogP contribution in [-0.2, 0) is 11.3 Å². The molecule has 0 unspecified atom stereocenters. The molecule has 6 nitrogen and oxygen atoms in total. The first-order chi connectivity index (χ1) is 12.6. The summed E-state index contributed by atoms with van der Waals surface area (Å²) in [6, 6.07) is 7.31. The average Bonchev–Trinajstić information content (AvgIpc) is 3.37. The summed E-state index contributed by atoms with van der Waals surface area (Å²) in [5, 5.41) is 10.4. The summed E-state index contributed by atoms with van der Waals surface area (Å²) in [4.78, 5) is 28.7. The molecule has 0 spiro atoms. The summed E-state index contributed by atoms with van der Waals surface area (Å²) in [7, 11) is 0. The summed E-state index contributed by atoms with van der Waals surface area (Å²) < 4.78 is 5.71. The molecular weight excluding hydrogens is 370 g/mol. The maximum absolute atomic E-state index is 11.9. The minimum absolute atomic E-state index is 0.0715. The Morgan fingerprint density at radius 2 is 2.08 bits per heavy atom. The lowest BCUT2D eigenvalue weighted by atomic mass is 10.3. The van der Waals surface area contributed by atoms with Gasteiger partial charge in [-0.1, -0.05) is 6.07 Å². The van der Waals surface area contributed by atoms with E-state index >= 15 is 0 Å². The number of aromatic nitrogens is 1. The van der Waals surface area contributed by atoms with Gasteiger partial charge in [0, 0.05) is 18.3 Å². The summed E-state index contributed by atoms with van der Waals surface area (Å²) in [5.41, 5.74) is 0.812. The molecule has 0 aliphatic heterocycles. The van der Waals surface area contributed by atoms with E-state index in [1.54, 1.807) is 17.4 Å². The smallest absolute Gasteiger partial charge is 0.261 e. The minimum Gasteiger partial charge on any atom is -0.458 e.